The van der Waals surface area contributed by atoms with Crippen molar-refractivity contribution in [2.45, 2.75) is 185 Å². The van der Waals surface area contributed by atoms with Crippen LogP contribution in [0.3, 0.4) is 0 Å². The fraction of sp³-hybridized carbons (Fsp3) is 0.630. The molecule has 564 valence electrons. The summed E-state index contributed by atoms with van der Waals surface area (Å²) in [7, 11) is -3.43. The Morgan fingerprint density at radius 2 is 0.810 bits per heavy atom. The van der Waals surface area contributed by atoms with Crippen molar-refractivity contribution in [2.75, 3.05) is 19.8 Å². The van der Waals surface area contributed by atoms with Crippen LogP contribution in [0, 0.1) is 105 Å². The van der Waals surface area contributed by atoms with Crippen LogP contribution in [-0.4, -0.2) is 178 Å². The molecule has 0 radical (unpaired) electrons. The molecule has 6 aliphatic heterocycles. The first-order valence-corrected chi connectivity index (χ1v) is 36.1. The van der Waals surface area contributed by atoms with Crippen molar-refractivity contribution in [3.63, 3.8) is 0 Å². The minimum Gasteiger partial charge on any atom is -0.462 e. The summed E-state index contributed by atoms with van der Waals surface area (Å²) in [6.45, 7) is 29.4. The summed E-state index contributed by atoms with van der Waals surface area (Å²) in [5.74, 6) is -5.17. The van der Waals surface area contributed by atoms with Crippen LogP contribution in [0.25, 0.3) is 0 Å². The molecule has 0 aromatic heterocycles. The van der Waals surface area contributed by atoms with Crippen LogP contribution < -0.4 is 0 Å². The third-order valence-electron chi connectivity index (χ3n) is 22.9. The van der Waals surface area contributed by atoms with E-state index in [1.54, 1.807) is 27.7 Å². The summed E-state index contributed by atoms with van der Waals surface area (Å²) in [5, 5.41) is 18.1. The Hall–Kier alpha value is -9.56. The fourth-order valence-corrected chi connectivity index (χ4v) is 20.0. The quantitative estimate of drug-likeness (QED) is 0.0907. The number of cyclic esters (lactones) is 1. The standard InChI is InChI=1S/C15H15NO6.C14H16O6.C13H13NO4.C12H14O4.C11H14O5S.C8H10O4/c1-7(2)13(18)20-5-10(17)21-11-8-3-9-12(11)22-14(19)15(9,4-8)6-16;1-6(2)13(16)18-5-10(15)19-11-7-3-8-9(4-7)14(17)20-12(8)11;1-6(2)11(15)17-9-7-3-8-10(9)18-12(16)13(8,4-7)5-14;1-5(2)11(13)15-9-6-3-7-8(4-6)12(14)16-10(7)9;1-5(2)11(12)15-9-6-3-7-8(4-6)17(13,14)16-10(7)9;1-5(2)8(10)12-6-3-7(9)11-4-6/h8-9,11-12H,1,3-5H2,2H3;7-9,11-12H,1,3-5H2,2H3;7-10H,1,3-4H2,2H3;6-10H,1,3-4H2,2H3;6-10H,1,3-4H2,2H3;6H,1,3-4H2,2H3. The van der Waals surface area contributed by atoms with Crippen molar-refractivity contribution in [1.29, 1.82) is 10.5 Å². The second-order valence-corrected chi connectivity index (χ2v) is 31.9. The van der Waals surface area contributed by atoms with Gasteiger partial charge in [-0.25, -0.2) is 38.4 Å². The molecule has 0 N–H and O–H groups in total. The summed E-state index contributed by atoms with van der Waals surface area (Å²) in [4.78, 5) is 149. The van der Waals surface area contributed by atoms with Crippen LogP contribution in [0.5, 0.6) is 0 Å². The lowest BCUT2D eigenvalue weighted by atomic mass is 9.74. The smallest absolute Gasteiger partial charge is 0.344 e. The van der Waals surface area contributed by atoms with Crippen LogP contribution in [0.2, 0.25) is 0 Å². The molecule has 6 saturated heterocycles. The summed E-state index contributed by atoms with van der Waals surface area (Å²) >= 11 is 0. The Bertz CT molecular complexity index is 4030. The number of nitriles is 2. The summed E-state index contributed by atoms with van der Waals surface area (Å²) < 4.78 is 95.1. The molecule has 0 aromatic rings. The van der Waals surface area contributed by atoms with E-state index in [2.05, 4.69) is 56.3 Å². The lowest BCUT2D eigenvalue weighted by Crippen LogP contribution is -2.40. The van der Waals surface area contributed by atoms with E-state index in [1.165, 1.54) is 13.8 Å². The molecule has 31 nitrogen and oxygen atoms in total. The van der Waals surface area contributed by atoms with E-state index in [1.807, 2.05) is 0 Å². The number of rotatable bonds is 16. The van der Waals surface area contributed by atoms with Gasteiger partial charge in [-0.3, -0.25) is 28.2 Å². The van der Waals surface area contributed by atoms with Crippen LogP contribution in [0.1, 0.15) is 112 Å². The maximum absolute atomic E-state index is 11.9. The molecule has 0 spiro atoms. The molecule has 26 atom stereocenters. The summed E-state index contributed by atoms with van der Waals surface area (Å²) in [6.07, 6.45) is 2.56. The van der Waals surface area contributed by atoms with Gasteiger partial charge in [0.1, 0.15) is 73.8 Å². The third-order valence-corrected chi connectivity index (χ3v) is 24.6. The highest BCUT2D eigenvalue weighted by molar-refractivity contribution is 7.87. The van der Waals surface area contributed by atoms with Crippen molar-refractivity contribution in [3.8, 4) is 12.1 Å². The molecule has 16 rings (SSSR count). The topological polar surface area (TPSA) is 433 Å². The van der Waals surface area contributed by atoms with Gasteiger partial charge in [-0.15, -0.1) is 0 Å². The maximum Gasteiger partial charge on any atom is 0.344 e. The highest BCUT2D eigenvalue weighted by atomic mass is 32.2. The molecule has 32 heteroatoms. The van der Waals surface area contributed by atoms with Crippen molar-refractivity contribution in [3.05, 3.63) is 72.9 Å². The minimum atomic E-state index is -3.43. The number of esters is 13. The number of fused-ring (bicyclic) bond motifs is 5. The molecule has 10 aliphatic carbocycles. The molecule has 105 heavy (non-hydrogen) atoms. The van der Waals surface area contributed by atoms with Gasteiger partial charge in [0.15, 0.2) is 24.0 Å². The van der Waals surface area contributed by atoms with Gasteiger partial charge in [-0.2, -0.15) is 18.9 Å². The van der Waals surface area contributed by atoms with E-state index in [4.69, 9.17) is 61.0 Å². The highest BCUT2D eigenvalue weighted by Crippen LogP contribution is 2.64. The second kappa shape index (κ2) is 29.4. The lowest BCUT2D eigenvalue weighted by Gasteiger charge is -2.27. The van der Waals surface area contributed by atoms with Crippen LogP contribution in [0.15, 0.2) is 72.9 Å². The molecule has 26 unspecified atom stereocenters. The first-order chi connectivity index (χ1) is 49.4. The van der Waals surface area contributed by atoms with Gasteiger partial charge in [-0.1, -0.05) is 39.5 Å². The van der Waals surface area contributed by atoms with Gasteiger partial charge in [0, 0.05) is 92.6 Å². The largest absolute Gasteiger partial charge is 0.462 e. The first-order valence-electron chi connectivity index (χ1n) is 34.7. The van der Waals surface area contributed by atoms with E-state index >= 15 is 0 Å². The average Bonchev–Trinajstić information content (AvgIpc) is 1.56. The van der Waals surface area contributed by atoms with E-state index < -0.39 is 137 Å². The zero-order valence-electron chi connectivity index (χ0n) is 58.6. The number of hydrogen-bond donors (Lipinski definition) is 0. The molecule has 0 amide bonds. The monoisotopic (exact) mass is 1480 g/mol. The van der Waals surface area contributed by atoms with Gasteiger partial charge in [0.25, 0.3) is 10.1 Å². The number of carbonyl (C=O) groups is 13. The molecule has 10 saturated carbocycles. The van der Waals surface area contributed by atoms with Crippen molar-refractivity contribution < 1.29 is 137 Å². The SMILES string of the molecule is C=C(C)C(=O)OC1C2CC3C(=O)OC1C3C2.C=C(C)C(=O)OC1C2CC3C1OC(=O)C3(C#N)C2.C=C(C)C(=O)OC1C2CC3C1OS(=O)(=O)C3C2.C=C(C)C(=O)OC1COC(=O)C1.C=C(C)C(=O)OCC(=O)OC1C2CC3C(=O)OC1C3C2.C=C(C)C(=O)OCC(=O)OC1C2CC3C1OC(=O)C3(C#N)C2. The minimum absolute atomic E-state index is 0.00733. The molecule has 16 fully saturated rings. The molecule has 10 bridgehead atoms. The first kappa shape index (κ1) is 76.6. The number of carbonyl (C=O) groups excluding carboxylic acids is 13. The number of ether oxygens (including phenoxy) is 13. The van der Waals surface area contributed by atoms with E-state index in [0.29, 0.717) is 53.9 Å². The Morgan fingerprint density at radius 1 is 0.448 bits per heavy atom. The molecule has 0 aromatic carbocycles. The lowest BCUT2D eigenvalue weighted by molar-refractivity contribution is -0.168. The van der Waals surface area contributed by atoms with Gasteiger partial charge in [0.2, 0.25) is 0 Å². The number of hydrogen-bond acceptors (Lipinski definition) is 31. The summed E-state index contributed by atoms with van der Waals surface area (Å²) in [5.41, 5.74) is -0.259. The molecular formula is C73H82N2O29S. The van der Waals surface area contributed by atoms with E-state index in [-0.39, 0.29) is 137 Å². The Balaban J connectivity index is 0.000000127. The van der Waals surface area contributed by atoms with Crippen molar-refractivity contribution >= 4 is 87.7 Å². The summed E-state index contributed by atoms with van der Waals surface area (Å²) in [6, 6.07) is 4.20. The van der Waals surface area contributed by atoms with Crippen LogP contribution in [-0.2, 0) is 138 Å². The second-order valence-electron chi connectivity index (χ2n) is 30.1. The van der Waals surface area contributed by atoms with Gasteiger partial charge in [-0.05, 0) is 106 Å². The average molecular weight is 1480 g/mol. The molecule has 16 aliphatic rings. The predicted molar refractivity (Wildman–Crippen MR) is 347 cm³/mol. The molecular weight excluding hydrogens is 1400 g/mol. The Labute approximate surface area is 603 Å². The third kappa shape index (κ3) is 14.4. The van der Waals surface area contributed by atoms with Crippen LogP contribution in [0.4, 0.5) is 0 Å². The Morgan fingerprint density at radius 3 is 1.20 bits per heavy atom. The van der Waals surface area contributed by atoms with Gasteiger partial charge < -0.3 is 61.6 Å². The number of nitrogens with zero attached hydrogens (tertiary/aromatic N) is 2. The fourth-order valence-electron chi connectivity index (χ4n) is 18.1. The van der Waals surface area contributed by atoms with Crippen molar-refractivity contribution in [1.82, 2.24) is 0 Å². The Kier molecular flexibility index (Phi) is 21.4. The van der Waals surface area contributed by atoms with E-state index in [9.17, 15) is 81.3 Å². The zero-order chi connectivity index (χ0) is 76.5. The van der Waals surface area contributed by atoms with Crippen molar-refractivity contribution in [2.24, 2.45) is 81.8 Å². The van der Waals surface area contributed by atoms with Crippen LogP contribution >= 0.6 is 0 Å². The predicted octanol–water partition coefficient (Wildman–Crippen LogP) is 4.13. The maximum atomic E-state index is 11.9. The highest BCUT2D eigenvalue weighted by Gasteiger charge is 2.74. The van der Waals surface area contributed by atoms with Gasteiger partial charge >= 0.3 is 77.6 Å². The van der Waals surface area contributed by atoms with Gasteiger partial charge in [0.05, 0.1) is 35.6 Å². The zero-order valence-corrected chi connectivity index (χ0v) is 59.5. The normalized spacial score (nSPS) is 38.6. The van der Waals surface area contributed by atoms with E-state index in [0.717, 1.165) is 38.5 Å². The molecule has 6 heterocycles.